The summed E-state index contributed by atoms with van der Waals surface area (Å²) in [5.41, 5.74) is 0.925. The van der Waals surface area contributed by atoms with Gasteiger partial charge >= 0.3 is 0 Å². The highest BCUT2D eigenvalue weighted by Gasteiger charge is 2.07. The second-order valence-corrected chi connectivity index (χ2v) is 4.91. The molecule has 0 aliphatic heterocycles. The fraction of sp³-hybridized carbons (Fsp3) is 0. The predicted octanol–water partition coefficient (Wildman–Crippen LogP) is 4.30. The molecule has 0 saturated carbocycles. The Kier molecular flexibility index (Phi) is 4.32. The molecule has 0 aliphatic carbocycles. The number of ketones is 1. The molecule has 2 aromatic rings. The van der Waals surface area contributed by atoms with Crippen molar-refractivity contribution in [1.82, 2.24) is 0 Å². The lowest BCUT2D eigenvalue weighted by Gasteiger charge is -2.01. The lowest BCUT2D eigenvalue weighted by Crippen LogP contribution is -1.95. The van der Waals surface area contributed by atoms with Crippen LogP contribution in [0.1, 0.15) is 15.9 Å². The molecule has 0 aliphatic rings. The van der Waals surface area contributed by atoms with Crippen LogP contribution in [0.3, 0.4) is 0 Å². The fourth-order valence-electron chi connectivity index (χ4n) is 1.60. The van der Waals surface area contributed by atoms with Crippen molar-refractivity contribution < 1.29 is 15.0 Å². The molecule has 0 atom stereocenters. The van der Waals surface area contributed by atoms with Gasteiger partial charge in [-0.1, -0.05) is 35.3 Å². The minimum absolute atomic E-state index is 0.214. The minimum atomic E-state index is -0.278. The van der Waals surface area contributed by atoms with E-state index in [2.05, 4.69) is 0 Å². The number of carbonyl (C=O) groups is 1. The van der Waals surface area contributed by atoms with Gasteiger partial charge in [0.2, 0.25) is 0 Å². The monoisotopic (exact) mass is 308 g/mol. The average Bonchev–Trinajstić information content (AvgIpc) is 2.40. The van der Waals surface area contributed by atoms with E-state index in [1.165, 1.54) is 30.4 Å². The zero-order valence-electron chi connectivity index (χ0n) is 10.2. The summed E-state index contributed by atoms with van der Waals surface area (Å²) in [7, 11) is 0. The van der Waals surface area contributed by atoms with Crippen molar-refractivity contribution in [2.45, 2.75) is 0 Å². The Bertz CT molecular complexity index is 694. The van der Waals surface area contributed by atoms with Crippen LogP contribution in [0.4, 0.5) is 0 Å². The number of halogens is 2. The number of rotatable bonds is 3. The molecular weight excluding hydrogens is 299 g/mol. The molecule has 102 valence electrons. The number of benzene rings is 2. The van der Waals surface area contributed by atoms with Gasteiger partial charge in [-0.3, -0.25) is 4.79 Å². The summed E-state index contributed by atoms with van der Waals surface area (Å²) in [4.78, 5) is 12.0. The van der Waals surface area contributed by atoms with Gasteiger partial charge < -0.3 is 10.2 Å². The summed E-state index contributed by atoms with van der Waals surface area (Å²) < 4.78 is 0. The van der Waals surface area contributed by atoms with Crippen molar-refractivity contribution in [1.29, 1.82) is 0 Å². The van der Waals surface area contributed by atoms with Gasteiger partial charge in [0, 0.05) is 10.6 Å². The third-order valence-corrected chi connectivity index (χ3v) is 3.17. The number of hydrogen-bond donors (Lipinski definition) is 2. The van der Waals surface area contributed by atoms with E-state index in [1.807, 2.05) is 0 Å². The molecule has 3 nitrogen and oxygen atoms in total. The first-order valence-corrected chi connectivity index (χ1v) is 6.42. The first kappa shape index (κ1) is 14.4. The number of phenolic OH excluding ortho intramolecular Hbond substituents is 2. The summed E-state index contributed by atoms with van der Waals surface area (Å²) in [6.07, 6.45) is 2.85. The highest BCUT2D eigenvalue weighted by atomic mass is 35.5. The van der Waals surface area contributed by atoms with Gasteiger partial charge in [-0.15, -0.1) is 0 Å². The molecule has 2 aromatic carbocycles. The summed E-state index contributed by atoms with van der Waals surface area (Å²) in [6.45, 7) is 0. The Morgan fingerprint density at radius 3 is 2.40 bits per heavy atom. The fourth-order valence-corrected chi connectivity index (χ4v) is 2.10. The minimum Gasteiger partial charge on any atom is -0.504 e. The quantitative estimate of drug-likeness (QED) is 0.505. The number of allylic oxidation sites excluding steroid dienone is 1. The highest BCUT2D eigenvalue weighted by molar-refractivity contribution is 6.37. The van der Waals surface area contributed by atoms with E-state index in [0.29, 0.717) is 16.1 Å². The van der Waals surface area contributed by atoms with Gasteiger partial charge in [0.15, 0.2) is 17.3 Å². The number of hydrogen-bond acceptors (Lipinski definition) is 3. The van der Waals surface area contributed by atoms with E-state index in [-0.39, 0.29) is 22.3 Å². The van der Waals surface area contributed by atoms with Gasteiger partial charge in [0.1, 0.15) is 0 Å². The summed E-state index contributed by atoms with van der Waals surface area (Å²) >= 11 is 11.7. The van der Waals surface area contributed by atoms with E-state index >= 15 is 0 Å². The molecule has 0 saturated heterocycles. The van der Waals surface area contributed by atoms with Gasteiger partial charge in [-0.25, -0.2) is 0 Å². The standard InChI is InChI=1S/C15H10Cl2O3/c16-10-3-4-11(12(17)8-10)13(18)5-1-9-2-6-14(19)15(20)7-9/h1-8,19-20H/b5-1+. The Morgan fingerprint density at radius 1 is 1.00 bits per heavy atom. The summed E-state index contributed by atoms with van der Waals surface area (Å²) in [5.74, 6) is -0.738. The molecular formula is C15H10Cl2O3. The molecule has 0 amide bonds. The zero-order valence-corrected chi connectivity index (χ0v) is 11.7. The maximum Gasteiger partial charge on any atom is 0.187 e. The van der Waals surface area contributed by atoms with Gasteiger partial charge in [-0.05, 0) is 42.0 Å². The van der Waals surface area contributed by atoms with Crippen LogP contribution in [0.5, 0.6) is 11.5 Å². The Hall–Kier alpha value is -1.97. The topological polar surface area (TPSA) is 57.5 Å². The molecule has 0 aromatic heterocycles. The molecule has 0 spiro atoms. The maximum absolute atomic E-state index is 12.0. The molecule has 0 fully saturated rings. The normalized spacial score (nSPS) is 10.9. The largest absolute Gasteiger partial charge is 0.504 e. The number of carbonyl (C=O) groups excluding carboxylic acids is 1. The van der Waals surface area contributed by atoms with Crippen LogP contribution in [0, 0.1) is 0 Å². The summed E-state index contributed by atoms with van der Waals surface area (Å²) in [6, 6.07) is 8.89. The summed E-state index contributed by atoms with van der Waals surface area (Å²) in [5, 5.41) is 19.3. The molecule has 0 unspecified atom stereocenters. The Morgan fingerprint density at radius 2 is 1.75 bits per heavy atom. The Labute approximate surface area is 125 Å². The molecule has 20 heavy (non-hydrogen) atoms. The highest BCUT2D eigenvalue weighted by Crippen LogP contribution is 2.26. The van der Waals surface area contributed by atoms with E-state index < -0.39 is 0 Å². The van der Waals surface area contributed by atoms with Gasteiger partial charge in [0.05, 0.1) is 5.02 Å². The van der Waals surface area contributed by atoms with Crippen LogP contribution in [0.15, 0.2) is 42.5 Å². The lowest BCUT2D eigenvalue weighted by molar-refractivity contribution is 0.104. The molecule has 0 heterocycles. The van der Waals surface area contributed by atoms with Crippen LogP contribution < -0.4 is 0 Å². The first-order valence-electron chi connectivity index (χ1n) is 5.67. The van der Waals surface area contributed by atoms with E-state index in [1.54, 1.807) is 18.2 Å². The van der Waals surface area contributed by atoms with E-state index in [0.717, 1.165) is 0 Å². The molecule has 2 rings (SSSR count). The van der Waals surface area contributed by atoms with Crippen LogP contribution in [-0.4, -0.2) is 16.0 Å². The van der Waals surface area contributed by atoms with Crippen LogP contribution in [0.2, 0.25) is 10.0 Å². The van der Waals surface area contributed by atoms with Crippen molar-refractivity contribution >= 4 is 35.1 Å². The number of aromatic hydroxyl groups is 2. The third-order valence-electron chi connectivity index (χ3n) is 2.62. The average molecular weight is 309 g/mol. The van der Waals surface area contributed by atoms with Crippen molar-refractivity contribution in [2.24, 2.45) is 0 Å². The van der Waals surface area contributed by atoms with Crippen molar-refractivity contribution in [2.75, 3.05) is 0 Å². The van der Waals surface area contributed by atoms with Crippen molar-refractivity contribution in [3.8, 4) is 11.5 Å². The molecule has 2 N–H and O–H groups in total. The van der Waals surface area contributed by atoms with Crippen LogP contribution in [0.25, 0.3) is 6.08 Å². The molecule has 0 bridgehead atoms. The smallest absolute Gasteiger partial charge is 0.187 e. The Balaban J connectivity index is 2.22. The maximum atomic E-state index is 12.0. The first-order chi connectivity index (χ1) is 9.47. The van der Waals surface area contributed by atoms with Crippen LogP contribution in [-0.2, 0) is 0 Å². The molecule has 0 radical (unpaired) electrons. The van der Waals surface area contributed by atoms with E-state index in [9.17, 15) is 15.0 Å². The predicted molar refractivity (Wildman–Crippen MR) is 79.6 cm³/mol. The second kappa shape index (κ2) is 5.99. The molecule has 5 heteroatoms. The van der Waals surface area contributed by atoms with Crippen LogP contribution >= 0.6 is 23.2 Å². The van der Waals surface area contributed by atoms with Gasteiger partial charge in [-0.2, -0.15) is 0 Å². The third kappa shape index (κ3) is 3.32. The second-order valence-electron chi connectivity index (χ2n) is 4.07. The number of phenols is 2. The lowest BCUT2D eigenvalue weighted by atomic mass is 10.1. The van der Waals surface area contributed by atoms with Crippen molar-refractivity contribution in [3.05, 3.63) is 63.6 Å². The van der Waals surface area contributed by atoms with E-state index in [4.69, 9.17) is 23.2 Å². The van der Waals surface area contributed by atoms with Gasteiger partial charge in [0.25, 0.3) is 0 Å². The SMILES string of the molecule is O=C(/C=C/c1ccc(O)c(O)c1)c1ccc(Cl)cc1Cl. The van der Waals surface area contributed by atoms with Crippen molar-refractivity contribution in [3.63, 3.8) is 0 Å². The zero-order chi connectivity index (χ0) is 14.7.